The Labute approximate surface area is 130 Å². The second-order valence-corrected chi connectivity index (χ2v) is 6.64. The van der Waals surface area contributed by atoms with E-state index >= 15 is 0 Å². The van der Waals surface area contributed by atoms with Crippen molar-refractivity contribution in [1.82, 2.24) is 0 Å². The van der Waals surface area contributed by atoms with Crippen LogP contribution in [0, 0.1) is 0 Å². The second-order valence-electron chi connectivity index (χ2n) is 5.54. The Morgan fingerprint density at radius 3 is 2.95 bits per heavy atom. The number of ether oxygens (including phenoxy) is 1. The summed E-state index contributed by atoms with van der Waals surface area (Å²) >= 11 is 1.91. The van der Waals surface area contributed by atoms with Gasteiger partial charge in [0.15, 0.2) is 0 Å². The highest BCUT2D eigenvalue weighted by atomic mass is 32.2. The summed E-state index contributed by atoms with van der Waals surface area (Å²) in [5.74, 6) is 2.71. The fourth-order valence-corrected chi connectivity index (χ4v) is 3.81. The smallest absolute Gasteiger partial charge is 0.122 e. The van der Waals surface area contributed by atoms with Crippen molar-refractivity contribution in [1.29, 1.82) is 0 Å². The average Bonchev–Trinajstić information content (AvgIpc) is 2.53. The molecule has 2 aromatic rings. The largest absolute Gasteiger partial charge is 0.493 e. The third-order valence-corrected chi connectivity index (χ3v) is 5.07. The highest BCUT2D eigenvalue weighted by molar-refractivity contribution is 7.99. The standard InChI is InChI=1S/C18H21NOS/c1-13(19)14-5-4-6-16(11-14)21-12-15-9-10-20-18-8-3-2-7-17(15)18/h2-8,11,13,15H,9-10,12,19H2,1H3. The number of rotatable bonds is 4. The first-order valence-corrected chi connectivity index (χ1v) is 8.42. The summed E-state index contributed by atoms with van der Waals surface area (Å²) in [6.07, 6.45) is 1.09. The molecule has 0 radical (unpaired) electrons. The van der Waals surface area contributed by atoms with Gasteiger partial charge < -0.3 is 10.5 Å². The average molecular weight is 299 g/mol. The zero-order valence-corrected chi connectivity index (χ0v) is 13.1. The SMILES string of the molecule is CC(N)c1cccc(SCC2CCOc3ccccc32)c1. The van der Waals surface area contributed by atoms with Crippen LogP contribution in [0.4, 0.5) is 0 Å². The predicted molar refractivity (Wildman–Crippen MR) is 89.1 cm³/mol. The van der Waals surface area contributed by atoms with Crippen molar-refractivity contribution < 1.29 is 4.74 Å². The van der Waals surface area contributed by atoms with Crippen LogP contribution in [0.25, 0.3) is 0 Å². The lowest BCUT2D eigenvalue weighted by atomic mass is 9.95. The van der Waals surface area contributed by atoms with E-state index in [-0.39, 0.29) is 6.04 Å². The molecule has 0 aliphatic carbocycles. The van der Waals surface area contributed by atoms with Gasteiger partial charge in [-0.25, -0.2) is 0 Å². The van der Waals surface area contributed by atoms with Gasteiger partial charge in [0.1, 0.15) is 5.75 Å². The minimum atomic E-state index is 0.0920. The molecule has 2 atom stereocenters. The van der Waals surface area contributed by atoms with Crippen LogP contribution in [0.2, 0.25) is 0 Å². The van der Waals surface area contributed by atoms with E-state index in [0.29, 0.717) is 5.92 Å². The molecule has 0 saturated heterocycles. The molecule has 2 aromatic carbocycles. The number of para-hydroxylation sites is 1. The van der Waals surface area contributed by atoms with Gasteiger partial charge in [0.05, 0.1) is 6.61 Å². The summed E-state index contributed by atoms with van der Waals surface area (Å²) in [5, 5.41) is 0. The normalized spacial score (nSPS) is 18.7. The molecule has 0 bridgehead atoms. The van der Waals surface area contributed by atoms with Crippen molar-refractivity contribution in [3.8, 4) is 5.75 Å². The molecule has 2 unspecified atom stereocenters. The van der Waals surface area contributed by atoms with Crippen molar-refractivity contribution in [3.05, 3.63) is 59.7 Å². The number of hydrogen-bond donors (Lipinski definition) is 1. The van der Waals surface area contributed by atoms with Crippen molar-refractivity contribution in [2.24, 2.45) is 5.73 Å². The van der Waals surface area contributed by atoms with Crippen molar-refractivity contribution in [2.45, 2.75) is 30.2 Å². The fraction of sp³-hybridized carbons (Fsp3) is 0.333. The molecule has 1 aliphatic heterocycles. The van der Waals surface area contributed by atoms with Gasteiger partial charge in [-0.3, -0.25) is 0 Å². The molecule has 0 spiro atoms. The van der Waals surface area contributed by atoms with Gasteiger partial charge >= 0.3 is 0 Å². The lowest BCUT2D eigenvalue weighted by Gasteiger charge is -2.25. The molecule has 3 heteroatoms. The number of benzene rings is 2. The van der Waals surface area contributed by atoms with E-state index in [4.69, 9.17) is 10.5 Å². The summed E-state index contributed by atoms with van der Waals surface area (Å²) in [6, 6.07) is 17.1. The number of nitrogens with two attached hydrogens (primary N) is 1. The van der Waals surface area contributed by atoms with Crippen molar-refractivity contribution >= 4 is 11.8 Å². The molecule has 110 valence electrons. The van der Waals surface area contributed by atoms with Crippen LogP contribution in [-0.4, -0.2) is 12.4 Å². The second kappa shape index (κ2) is 6.54. The zero-order chi connectivity index (χ0) is 14.7. The van der Waals surface area contributed by atoms with E-state index in [1.54, 1.807) is 0 Å². The summed E-state index contributed by atoms with van der Waals surface area (Å²) in [6.45, 7) is 2.85. The monoisotopic (exact) mass is 299 g/mol. The molecule has 1 heterocycles. The van der Waals surface area contributed by atoms with Crippen molar-refractivity contribution in [2.75, 3.05) is 12.4 Å². The Morgan fingerprint density at radius 2 is 2.10 bits per heavy atom. The minimum Gasteiger partial charge on any atom is -0.493 e. The Balaban J connectivity index is 1.70. The van der Waals surface area contributed by atoms with Crippen LogP contribution in [-0.2, 0) is 0 Å². The number of hydrogen-bond acceptors (Lipinski definition) is 3. The van der Waals surface area contributed by atoms with Gasteiger partial charge in [-0.15, -0.1) is 11.8 Å². The molecular weight excluding hydrogens is 278 g/mol. The maximum atomic E-state index is 5.96. The van der Waals surface area contributed by atoms with E-state index < -0.39 is 0 Å². The Bertz CT molecular complexity index is 612. The van der Waals surface area contributed by atoms with E-state index in [2.05, 4.69) is 42.5 Å². The van der Waals surface area contributed by atoms with Crippen LogP contribution in [0.1, 0.15) is 36.4 Å². The lowest BCUT2D eigenvalue weighted by Crippen LogP contribution is -2.15. The third kappa shape index (κ3) is 3.42. The third-order valence-electron chi connectivity index (χ3n) is 3.92. The summed E-state index contributed by atoms with van der Waals surface area (Å²) in [4.78, 5) is 1.30. The molecule has 21 heavy (non-hydrogen) atoms. The van der Waals surface area contributed by atoms with Crippen molar-refractivity contribution in [3.63, 3.8) is 0 Å². The van der Waals surface area contributed by atoms with E-state index in [0.717, 1.165) is 24.5 Å². The molecule has 3 rings (SSSR count). The topological polar surface area (TPSA) is 35.2 Å². The van der Waals surface area contributed by atoms with Gasteiger partial charge in [-0.05, 0) is 42.7 Å². The molecule has 0 amide bonds. The number of thioether (sulfide) groups is 1. The van der Waals surface area contributed by atoms with Crippen LogP contribution < -0.4 is 10.5 Å². The van der Waals surface area contributed by atoms with E-state index in [1.165, 1.54) is 16.0 Å². The van der Waals surface area contributed by atoms with Gasteiger partial charge in [-0.1, -0.05) is 30.3 Å². The Kier molecular flexibility index (Phi) is 4.51. The predicted octanol–water partition coefficient (Wildman–Crippen LogP) is 4.36. The Hall–Kier alpha value is -1.45. The van der Waals surface area contributed by atoms with Crippen LogP contribution in [0.15, 0.2) is 53.4 Å². The molecule has 0 fully saturated rings. The molecular formula is C18H21NOS. The quantitative estimate of drug-likeness (QED) is 0.852. The van der Waals surface area contributed by atoms with E-state index in [9.17, 15) is 0 Å². The molecule has 0 saturated carbocycles. The minimum absolute atomic E-state index is 0.0920. The Morgan fingerprint density at radius 1 is 1.24 bits per heavy atom. The number of fused-ring (bicyclic) bond motifs is 1. The highest BCUT2D eigenvalue weighted by Crippen LogP contribution is 2.37. The zero-order valence-electron chi connectivity index (χ0n) is 12.3. The van der Waals surface area contributed by atoms with Crippen LogP contribution >= 0.6 is 11.8 Å². The highest BCUT2D eigenvalue weighted by Gasteiger charge is 2.21. The first kappa shape index (κ1) is 14.5. The lowest BCUT2D eigenvalue weighted by molar-refractivity contribution is 0.273. The fourth-order valence-electron chi connectivity index (χ4n) is 2.67. The summed E-state index contributed by atoms with van der Waals surface area (Å²) in [5.41, 5.74) is 8.51. The van der Waals surface area contributed by atoms with Crippen LogP contribution in [0.5, 0.6) is 5.75 Å². The van der Waals surface area contributed by atoms with Gasteiger partial charge in [-0.2, -0.15) is 0 Å². The first-order chi connectivity index (χ1) is 10.2. The molecule has 0 aromatic heterocycles. The molecule has 2 N–H and O–H groups in total. The maximum Gasteiger partial charge on any atom is 0.122 e. The van der Waals surface area contributed by atoms with Gasteiger partial charge in [0.2, 0.25) is 0 Å². The first-order valence-electron chi connectivity index (χ1n) is 7.44. The maximum absolute atomic E-state index is 5.96. The van der Waals surface area contributed by atoms with E-state index in [1.807, 2.05) is 24.8 Å². The van der Waals surface area contributed by atoms with Gasteiger partial charge in [0, 0.05) is 22.6 Å². The summed E-state index contributed by atoms with van der Waals surface area (Å²) in [7, 11) is 0. The summed E-state index contributed by atoms with van der Waals surface area (Å²) < 4.78 is 5.73. The van der Waals surface area contributed by atoms with Crippen LogP contribution in [0.3, 0.4) is 0 Å². The molecule has 2 nitrogen and oxygen atoms in total. The van der Waals surface area contributed by atoms with Gasteiger partial charge in [0.25, 0.3) is 0 Å². The molecule has 1 aliphatic rings.